The zero-order chi connectivity index (χ0) is 15.8. The summed E-state index contributed by atoms with van der Waals surface area (Å²) >= 11 is 1.61. The maximum atomic E-state index is 12.9. The molecule has 5 heteroatoms. The van der Waals surface area contributed by atoms with Crippen molar-refractivity contribution >= 4 is 33.1 Å². The lowest BCUT2D eigenvalue weighted by Crippen LogP contribution is -2.19. The van der Waals surface area contributed by atoms with Crippen LogP contribution in [0.5, 0.6) is 0 Å². The van der Waals surface area contributed by atoms with Crippen molar-refractivity contribution in [2.45, 2.75) is 12.8 Å². The van der Waals surface area contributed by atoms with Crippen molar-refractivity contribution in [2.24, 2.45) is 0 Å². The van der Waals surface area contributed by atoms with E-state index in [1.165, 1.54) is 18.9 Å². The lowest BCUT2D eigenvalue weighted by molar-refractivity contribution is 0.103. The molecule has 3 heterocycles. The number of carbonyl (C=O) groups excluding carboxylic acids is 1. The third-order valence-corrected chi connectivity index (χ3v) is 5.14. The van der Waals surface area contributed by atoms with E-state index >= 15 is 0 Å². The monoisotopic (exact) mass is 325 g/mol. The zero-order valence-electron chi connectivity index (χ0n) is 12.5. The zero-order valence-corrected chi connectivity index (χ0v) is 13.3. The number of hydrogen-bond donors (Lipinski definition) is 0. The maximum Gasteiger partial charge on any atom is 0.336 e. The van der Waals surface area contributed by atoms with Gasteiger partial charge in [-0.3, -0.25) is 4.79 Å². The highest BCUT2D eigenvalue weighted by Crippen LogP contribution is 2.32. The second-order valence-electron chi connectivity index (χ2n) is 5.67. The van der Waals surface area contributed by atoms with Gasteiger partial charge in [-0.1, -0.05) is 12.1 Å². The molecule has 1 aliphatic rings. The highest BCUT2D eigenvalue weighted by Gasteiger charge is 2.22. The fraction of sp³-hybridized carbons (Fsp3) is 0.222. The molecule has 0 aliphatic carbocycles. The van der Waals surface area contributed by atoms with Gasteiger partial charge in [0.2, 0.25) is 0 Å². The molecule has 1 aromatic carbocycles. The molecule has 0 amide bonds. The largest absolute Gasteiger partial charge is 0.423 e. The molecule has 0 saturated carbocycles. The number of ketones is 1. The summed E-state index contributed by atoms with van der Waals surface area (Å²) in [6.07, 6.45) is 2.35. The van der Waals surface area contributed by atoms with Gasteiger partial charge in [0.1, 0.15) is 10.6 Å². The first kappa shape index (κ1) is 14.2. The number of nitrogens with zero attached hydrogens (tertiary/aromatic N) is 1. The van der Waals surface area contributed by atoms with Gasteiger partial charge in [-0.15, -0.1) is 11.3 Å². The first-order valence-corrected chi connectivity index (χ1v) is 8.51. The van der Waals surface area contributed by atoms with Crippen molar-refractivity contribution < 1.29 is 9.21 Å². The number of carbonyl (C=O) groups is 1. The van der Waals surface area contributed by atoms with Crippen LogP contribution in [0.15, 0.2) is 51.0 Å². The van der Waals surface area contributed by atoms with Crippen LogP contribution in [0.4, 0.5) is 5.00 Å². The van der Waals surface area contributed by atoms with Crippen molar-refractivity contribution in [3.05, 3.63) is 63.3 Å². The third-order valence-electron chi connectivity index (χ3n) is 4.17. The fourth-order valence-corrected chi connectivity index (χ4v) is 3.95. The van der Waals surface area contributed by atoms with E-state index in [0.717, 1.165) is 29.0 Å². The molecule has 0 unspecified atom stereocenters. The SMILES string of the molecule is O=C(c1ccc2ccc(=O)oc2c1)c1ccsc1N1CCCC1. The van der Waals surface area contributed by atoms with Crippen molar-refractivity contribution in [1.29, 1.82) is 0 Å². The summed E-state index contributed by atoms with van der Waals surface area (Å²) in [6.45, 7) is 2.01. The van der Waals surface area contributed by atoms with E-state index in [1.807, 2.05) is 17.5 Å². The minimum atomic E-state index is -0.407. The van der Waals surface area contributed by atoms with Gasteiger partial charge in [-0.2, -0.15) is 0 Å². The summed E-state index contributed by atoms with van der Waals surface area (Å²) in [5.41, 5.74) is 1.32. The molecule has 2 aromatic heterocycles. The highest BCUT2D eigenvalue weighted by atomic mass is 32.1. The summed E-state index contributed by atoms with van der Waals surface area (Å²) in [5.74, 6) is -0.0263. The Hall–Kier alpha value is -2.40. The molecule has 1 aliphatic heterocycles. The average Bonchev–Trinajstić information content (AvgIpc) is 3.24. The van der Waals surface area contributed by atoms with Gasteiger partial charge in [0.05, 0.1) is 5.56 Å². The quantitative estimate of drug-likeness (QED) is 0.544. The van der Waals surface area contributed by atoms with Gasteiger partial charge < -0.3 is 9.32 Å². The van der Waals surface area contributed by atoms with Crippen LogP contribution >= 0.6 is 11.3 Å². The molecule has 1 saturated heterocycles. The van der Waals surface area contributed by atoms with E-state index in [4.69, 9.17) is 4.42 Å². The Morgan fingerprint density at radius 3 is 2.70 bits per heavy atom. The molecule has 23 heavy (non-hydrogen) atoms. The van der Waals surface area contributed by atoms with Crippen LogP contribution in [0, 0.1) is 0 Å². The standard InChI is InChI=1S/C18H15NO3S/c20-16-6-5-12-3-4-13(11-15(12)22-16)17(21)14-7-10-23-18(14)19-8-1-2-9-19/h3-7,10-11H,1-2,8-9H2. The van der Waals surface area contributed by atoms with Gasteiger partial charge in [0.15, 0.2) is 5.78 Å². The number of hydrogen-bond acceptors (Lipinski definition) is 5. The van der Waals surface area contributed by atoms with Crippen LogP contribution in [0.3, 0.4) is 0 Å². The van der Waals surface area contributed by atoms with Gasteiger partial charge in [-0.05, 0) is 36.4 Å². The molecule has 1 fully saturated rings. The second kappa shape index (κ2) is 5.66. The van der Waals surface area contributed by atoms with Gasteiger partial charge in [-0.25, -0.2) is 4.79 Å². The lowest BCUT2D eigenvalue weighted by Gasteiger charge is -2.17. The Kier molecular flexibility index (Phi) is 3.50. The molecule has 4 nitrogen and oxygen atoms in total. The first-order chi connectivity index (χ1) is 11.2. The predicted molar refractivity (Wildman–Crippen MR) is 91.7 cm³/mol. The van der Waals surface area contributed by atoms with E-state index in [-0.39, 0.29) is 5.78 Å². The van der Waals surface area contributed by atoms with E-state index in [9.17, 15) is 9.59 Å². The first-order valence-electron chi connectivity index (χ1n) is 7.63. The summed E-state index contributed by atoms with van der Waals surface area (Å²) in [4.78, 5) is 26.5. The van der Waals surface area contributed by atoms with E-state index < -0.39 is 5.63 Å². The molecule has 0 N–H and O–H groups in total. The van der Waals surface area contributed by atoms with Crippen LogP contribution in [0.2, 0.25) is 0 Å². The molecular weight excluding hydrogens is 310 g/mol. The van der Waals surface area contributed by atoms with Crippen molar-refractivity contribution in [1.82, 2.24) is 0 Å². The molecule has 0 spiro atoms. The molecule has 116 valence electrons. The van der Waals surface area contributed by atoms with E-state index in [0.29, 0.717) is 11.1 Å². The topological polar surface area (TPSA) is 50.5 Å². The average molecular weight is 325 g/mol. The fourth-order valence-electron chi connectivity index (χ4n) is 3.00. The molecule has 0 atom stereocenters. The predicted octanol–water partition coefficient (Wildman–Crippen LogP) is 3.69. The van der Waals surface area contributed by atoms with Gasteiger partial charge >= 0.3 is 5.63 Å². The van der Waals surface area contributed by atoms with E-state index in [2.05, 4.69) is 4.90 Å². The normalized spacial score (nSPS) is 14.5. The smallest absolute Gasteiger partial charge is 0.336 e. The van der Waals surface area contributed by atoms with Crippen LogP contribution in [-0.2, 0) is 0 Å². The Labute approximate surface area is 137 Å². The molecule has 3 aromatic rings. The van der Waals surface area contributed by atoms with Crippen molar-refractivity contribution in [2.75, 3.05) is 18.0 Å². The molecule has 0 bridgehead atoms. The Morgan fingerprint density at radius 2 is 1.87 bits per heavy atom. The summed E-state index contributed by atoms with van der Waals surface area (Å²) in [6, 6.07) is 10.2. The van der Waals surface area contributed by atoms with Crippen LogP contribution in [-0.4, -0.2) is 18.9 Å². The second-order valence-corrected chi connectivity index (χ2v) is 6.56. The van der Waals surface area contributed by atoms with Gasteiger partial charge in [0, 0.05) is 30.1 Å². The minimum absolute atomic E-state index is 0.0263. The van der Waals surface area contributed by atoms with Crippen LogP contribution < -0.4 is 10.5 Å². The molecule has 0 radical (unpaired) electrons. The Bertz CT molecular complexity index is 935. The Morgan fingerprint density at radius 1 is 1.09 bits per heavy atom. The van der Waals surface area contributed by atoms with Crippen LogP contribution in [0.1, 0.15) is 28.8 Å². The number of anilines is 1. The number of fused-ring (bicyclic) bond motifs is 1. The highest BCUT2D eigenvalue weighted by molar-refractivity contribution is 7.14. The van der Waals surface area contributed by atoms with Gasteiger partial charge in [0.25, 0.3) is 0 Å². The van der Waals surface area contributed by atoms with E-state index in [1.54, 1.807) is 29.5 Å². The number of thiophene rings is 1. The molecule has 4 rings (SSSR count). The molecular formula is C18H15NO3S. The summed E-state index contributed by atoms with van der Waals surface area (Å²) in [5, 5.41) is 3.82. The maximum absolute atomic E-state index is 12.9. The van der Waals surface area contributed by atoms with Crippen LogP contribution in [0.25, 0.3) is 11.0 Å². The summed E-state index contributed by atoms with van der Waals surface area (Å²) in [7, 11) is 0. The van der Waals surface area contributed by atoms with Crippen molar-refractivity contribution in [3.8, 4) is 0 Å². The Balaban J connectivity index is 1.74. The lowest BCUT2D eigenvalue weighted by atomic mass is 10.0. The van der Waals surface area contributed by atoms with Crippen molar-refractivity contribution in [3.63, 3.8) is 0 Å². The number of rotatable bonds is 3. The third kappa shape index (κ3) is 2.57. The summed E-state index contributed by atoms with van der Waals surface area (Å²) < 4.78 is 5.18. The number of benzene rings is 1. The minimum Gasteiger partial charge on any atom is -0.423 e.